The maximum absolute atomic E-state index is 12.0. The molecular formula is C25H31N3O8. The van der Waals surface area contributed by atoms with Crippen molar-refractivity contribution in [3.05, 3.63) is 48.5 Å². The molecule has 2 atom stereocenters. The van der Waals surface area contributed by atoms with Gasteiger partial charge in [0.2, 0.25) is 17.7 Å². The van der Waals surface area contributed by atoms with Crippen LogP contribution in [0.3, 0.4) is 0 Å². The number of carboxylic acids is 1. The van der Waals surface area contributed by atoms with Gasteiger partial charge in [0.15, 0.2) is 12.4 Å². The monoisotopic (exact) mass is 501 g/mol. The minimum absolute atomic E-state index is 0.0233. The van der Waals surface area contributed by atoms with Crippen LogP contribution < -0.4 is 16.4 Å². The lowest BCUT2D eigenvalue weighted by atomic mass is 10.1. The number of esters is 1. The summed E-state index contributed by atoms with van der Waals surface area (Å²) in [5.74, 6) is -4.70. The van der Waals surface area contributed by atoms with E-state index in [1.807, 2.05) is 0 Å². The van der Waals surface area contributed by atoms with E-state index in [1.54, 1.807) is 0 Å². The van der Waals surface area contributed by atoms with Gasteiger partial charge < -0.3 is 26.2 Å². The van der Waals surface area contributed by atoms with E-state index in [1.165, 1.54) is 17.7 Å². The number of rotatable bonds is 12. The molecule has 0 aliphatic heterocycles. The summed E-state index contributed by atoms with van der Waals surface area (Å²) in [6.07, 6.45) is -0.479. The number of fused-ring (bicyclic) bond motifs is 1. The first-order chi connectivity index (χ1) is 17.0. The molecule has 0 aromatic heterocycles. The number of carbonyl (C=O) groups excluding carboxylic acids is 5. The Morgan fingerprint density at radius 1 is 0.917 bits per heavy atom. The summed E-state index contributed by atoms with van der Waals surface area (Å²) >= 11 is 0. The van der Waals surface area contributed by atoms with Crippen LogP contribution in [-0.4, -0.2) is 59.2 Å². The molecule has 2 unspecified atom stereocenters. The quantitative estimate of drug-likeness (QED) is 0.312. The number of ether oxygens (including phenoxy) is 1. The second-order valence-corrected chi connectivity index (χ2v) is 7.86. The summed E-state index contributed by atoms with van der Waals surface area (Å²) in [6.45, 7) is 1.74. The van der Waals surface area contributed by atoms with Crippen LogP contribution in [0.25, 0.3) is 10.8 Å². The average Bonchev–Trinajstić information content (AvgIpc) is 2.81. The van der Waals surface area contributed by atoms with E-state index in [4.69, 9.17) is 10.8 Å². The van der Waals surface area contributed by atoms with Gasteiger partial charge >= 0.3 is 11.9 Å². The van der Waals surface area contributed by atoms with E-state index >= 15 is 0 Å². The van der Waals surface area contributed by atoms with Gasteiger partial charge in [0.1, 0.15) is 12.1 Å². The van der Waals surface area contributed by atoms with Gasteiger partial charge in [-0.3, -0.25) is 28.8 Å². The van der Waals surface area contributed by atoms with Crippen LogP contribution in [0.15, 0.2) is 48.5 Å². The van der Waals surface area contributed by atoms with E-state index in [9.17, 15) is 28.8 Å². The number of nitrogens with two attached hydrogens (primary N) is 1. The molecule has 0 fully saturated rings. The summed E-state index contributed by atoms with van der Waals surface area (Å²) in [4.78, 5) is 67.7. The zero-order valence-corrected chi connectivity index (χ0v) is 20.2. The number of carbonyl (C=O) groups is 6. The normalized spacial score (nSPS) is 11.7. The number of ketones is 1. The Hall–Kier alpha value is -4.28. The number of nitrogens with one attached hydrogen (secondary N) is 2. The highest BCUT2D eigenvalue weighted by Crippen LogP contribution is 2.11. The predicted octanol–water partition coefficient (Wildman–Crippen LogP) is 1.08. The largest absolute Gasteiger partial charge is 0.481 e. The van der Waals surface area contributed by atoms with Crippen molar-refractivity contribution >= 4 is 46.2 Å². The van der Waals surface area contributed by atoms with Gasteiger partial charge in [-0.05, 0) is 24.1 Å². The molecule has 11 nitrogen and oxygen atoms in total. The molecule has 3 amide bonds. The summed E-state index contributed by atoms with van der Waals surface area (Å²) in [5.41, 5.74) is 4.95. The molecule has 0 aliphatic carbocycles. The molecule has 5 N–H and O–H groups in total. The molecular weight excluding hydrogens is 470 g/mol. The molecule has 0 radical (unpaired) electrons. The van der Waals surface area contributed by atoms with E-state index in [-0.39, 0.29) is 19.3 Å². The van der Waals surface area contributed by atoms with Crippen LogP contribution in [0.4, 0.5) is 0 Å². The van der Waals surface area contributed by atoms with Gasteiger partial charge in [0, 0.05) is 19.8 Å². The SMILES string of the molecule is CC(=O)OCC(=O)C(CC(=O)O)NC(=O)C(C)NC(=O)CCCC(N)=O.c1ccc2ccccc2c1. The number of Topliss-reactive ketones (excluding diaryl/α,β-unsaturated/α-hetero) is 1. The fraction of sp³-hybridized carbons (Fsp3) is 0.360. The first-order valence-corrected chi connectivity index (χ1v) is 11.2. The molecule has 0 heterocycles. The lowest BCUT2D eigenvalue weighted by Crippen LogP contribution is -2.51. The Morgan fingerprint density at radius 2 is 1.44 bits per heavy atom. The van der Waals surface area contributed by atoms with Crippen LogP contribution in [0.5, 0.6) is 0 Å². The first kappa shape index (κ1) is 29.8. The Labute approximate surface area is 208 Å². The molecule has 0 saturated heterocycles. The Kier molecular flexibility index (Phi) is 12.9. The van der Waals surface area contributed by atoms with Crippen molar-refractivity contribution in [2.75, 3.05) is 6.61 Å². The molecule has 2 aromatic rings. The van der Waals surface area contributed by atoms with Crippen molar-refractivity contribution in [2.24, 2.45) is 5.73 Å². The van der Waals surface area contributed by atoms with Crippen LogP contribution in [-0.2, 0) is 33.5 Å². The molecule has 2 aromatic carbocycles. The summed E-state index contributed by atoms with van der Waals surface area (Å²) in [7, 11) is 0. The number of hydrogen-bond acceptors (Lipinski definition) is 7. The van der Waals surface area contributed by atoms with E-state index < -0.39 is 60.6 Å². The predicted molar refractivity (Wildman–Crippen MR) is 130 cm³/mol. The van der Waals surface area contributed by atoms with Crippen LogP contribution in [0, 0.1) is 0 Å². The van der Waals surface area contributed by atoms with Gasteiger partial charge in [0.05, 0.1) is 6.42 Å². The van der Waals surface area contributed by atoms with Crippen molar-refractivity contribution in [1.82, 2.24) is 10.6 Å². The third-order valence-electron chi connectivity index (χ3n) is 4.76. The minimum Gasteiger partial charge on any atom is -0.481 e. The van der Waals surface area contributed by atoms with Gasteiger partial charge in [-0.2, -0.15) is 0 Å². The third-order valence-corrected chi connectivity index (χ3v) is 4.76. The topological polar surface area (TPSA) is 182 Å². The number of carboxylic acid groups (broad SMARTS) is 1. The lowest BCUT2D eigenvalue weighted by Gasteiger charge is -2.19. The van der Waals surface area contributed by atoms with Crippen molar-refractivity contribution in [3.63, 3.8) is 0 Å². The molecule has 0 aliphatic rings. The molecule has 11 heteroatoms. The molecule has 194 valence electrons. The van der Waals surface area contributed by atoms with E-state index in [0.29, 0.717) is 0 Å². The highest BCUT2D eigenvalue weighted by atomic mass is 16.5. The Balaban J connectivity index is 0.000000526. The van der Waals surface area contributed by atoms with Crippen LogP contribution in [0.2, 0.25) is 0 Å². The number of hydrogen-bond donors (Lipinski definition) is 4. The van der Waals surface area contributed by atoms with Crippen molar-refractivity contribution in [2.45, 2.75) is 51.6 Å². The van der Waals surface area contributed by atoms with Crippen molar-refractivity contribution in [3.8, 4) is 0 Å². The van der Waals surface area contributed by atoms with Crippen LogP contribution in [0.1, 0.15) is 39.5 Å². The first-order valence-electron chi connectivity index (χ1n) is 11.2. The fourth-order valence-corrected chi connectivity index (χ4v) is 2.93. The number of primary amides is 1. The van der Waals surface area contributed by atoms with Gasteiger partial charge in [-0.15, -0.1) is 0 Å². The van der Waals surface area contributed by atoms with Gasteiger partial charge in [-0.1, -0.05) is 48.5 Å². The summed E-state index contributed by atoms with van der Waals surface area (Å²) in [5, 5.41) is 16.0. The molecule has 0 bridgehead atoms. The van der Waals surface area contributed by atoms with Gasteiger partial charge in [0.25, 0.3) is 0 Å². The molecule has 0 saturated carbocycles. The molecule has 2 rings (SSSR count). The standard InChI is InChI=1S/C15H23N3O8.C10H8/c1-8(17-13(22)5-3-4-12(16)21)15(25)18-10(6-14(23)24)11(20)7-26-9(2)19;1-2-6-10-8-4-3-7-9(10)5-1/h8,10H,3-7H2,1-2H3,(H2,16,21)(H,17,22)(H,18,25)(H,23,24);1-8H. The number of amides is 3. The van der Waals surface area contributed by atoms with Crippen molar-refractivity contribution in [1.29, 1.82) is 0 Å². The number of aliphatic carboxylic acids is 1. The Morgan fingerprint density at radius 3 is 1.89 bits per heavy atom. The van der Waals surface area contributed by atoms with Crippen LogP contribution >= 0.6 is 0 Å². The summed E-state index contributed by atoms with van der Waals surface area (Å²) < 4.78 is 4.50. The summed E-state index contributed by atoms with van der Waals surface area (Å²) in [6, 6.07) is 14.3. The van der Waals surface area contributed by atoms with Crippen molar-refractivity contribution < 1.29 is 38.6 Å². The lowest BCUT2D eigenvalue weighted by molar-refractivity contribution is -0.147. The maximum atomic E-state index is 12.0. The Bertz CT molecular complexity index is 1020. The zero-order chi connectivity index (χ0) is 27.1. The molecule has 36 heavy (non-hydrogen) atoms. The third kappa shape index (κ3) is 12.3. The van der Waals surface area contributed by atoms with E-state index in [2.05, 4.69) is 63.9 Å². The second kappa shape index (κ2) is 15.6. The maximum Gasteiger partial charge on any atom is 0.305 e. The fourth-order valence-electron chi connectivity index (χ4n) is 2.93. The van der Waals surface area contributed by atoms with Gasteiger partial charge in [-0.25, -0.2) is 0 Å². The number of benzene rings is 2. The van der Waals surface area contributed by atoms with E-state index in [0.717, 1.165) is 6.92 Å². The smallest absolute Gasteiger partial charge is 0.305 e. The highest BCUT2D eigenvalue weighted by molar-refractivity contribution is 5.95. The highest BCUT2D eigenvalue weighted by Gasteiger charge is 2.26. The zero-order valence-electron chi connectivity index (χ0n) is 20.2. The average molecular weight is 502 g/mol. The second-order valence-electron chi connectivity index (χ2n) is 7.86. The molecule has 0 spiro atoms. The minimum atomic E-state index is -1.41.